The van der Waals surface area contributed by atoms with Gasteiger partial charge in [0.2, 0.25) is 8.32 Å². The molecule has 0 radical (unpaired) electrons. The molecule has 0 N–H and O–H groups in total. The Hall–Kier alpha value is 0.177. The van der Waals surface area contributed by atoms with E-state index in [0.29, 0.717) is 16.6 Å². The Kier molecular flexibility index (Phi) is 5.06. The molecule has 0 amide bonds. The van der Waals surface area contributed by atoms with Gasteiger partial charge in [0.05, 0.1) is 0 Å². The molecule has 0 rings (SSSR count). The van der Waals surface area contributed by atoms with Crippen molar-refractivity contribution in [1.29, 1.82) is 0 Å². The van der Waals surface area contributed by atoms with Crippen molar-refractivity contribution >= 4 is 8.32 Å². The Morgan fingerprint density at radius 2 is 1.00 bits per heavy atom. The molecule has 0 bridgehead atoms. The molecular formula is C13H30OSi. The zero-order valence-electron chi connectivity index (χ0n) is 12.1. The van der Waals surface area contributed by atoms with Crippen LogP contribution in [0, 0.1) is 0 Å². The van der Waals surface area contributed by atoms with Crippen molar-refractivity contribution in [1.82, 2.24) is 0 Å². The summed E-state index contributed by atoms with van der Waals surface area (Å²) in [5.74, 6) is 0. The van der Waals surface area contributed by atoms with E-state index in [0.717, 1.165) is 0 Å². The van der Waals surface area contributed by atoms with E-state index in [4.69, 9.17) is 4.43 Å². The summed E-state index contributed by atoms with van der Waals surface area (Å²) in [7, 11) is -1.66. The van der Waals surface area contributed by atoms with Gasteiger partial charge in [0, 0.05) is 5.60 Å². The van der Waals surface area contributed by atoms with Crippen molar-refractivity contribution in [2.75, 3.05) is 0 Å². The Balaban J connectivity index is 5.15. The largest absolute Gasteiger partial charge is 0.411 e. The van der Waals surface area contributed by atoms with E-state index in [1.165, 1.54) is 0 Å². The molecule has 0 saturated heterocycles. The molecule has 0 unspecified atom stereocenters. The summed E-state index contributed by atoms with van der Waals surface area (Å²) in [6.07, 6.45) is 0. The van der Waals surface area contributed by atoms with E-state index in [1.807, 2.05) is 0 Å². The first-order valence-corrected chi connectivity index (χ1v) is 8.38. The van der Waals surface area contributed by atoms with Crippen LogP contribution in [0.4, 0.5) is 0 Å². The van der Waals surface area contributed by atoms with Crippen LogP contribution in [-0.2, 0) is 4.43 Å². The van der Waals surface area contributed by atoms with E-state index in [-0.39, 0.29) is 5.60 Å². The van der Waals surface area contributed by atoms with Crippen LogP contribution in [0.2, 0.25) is 16.6 Å². The maximum absolute atomic E-state index is 6.55. The summed E-state index contributed by atoms with van der Waals surface area (Å²) in [4.78, 5) is 0. The van der Waals surface area contributed by atoms with E-state index in [1.54, 1.807) is 0 Å². The highest BCUT2D eigenvalue weighted by Gasteiger charge is 2.47. The first-order valence-electron chi connectivity index (χ1n) is 6.24. The molecule has 0 aromatic rings. The van der Waals surface area contributed by atoms with Crippen LogP contribution in [0.1, 0.15) is 62.3 Å². The lowest BCUT2D eigenvalue weighted by Crippen LogP contribution is -2.52. The Bertz CT molecular complexity index is 167. The average molecular weight is 230 g/mol. The van der Waals surface area contributed by atoms with Crippen LogP contribution >= 0.6 is 0 Å². The predicted octanol–water partition coefficient (Wildman–Crippen LogP) is 4.98. The van der Waals surface area contributed by atoms with Gasteiger partial charge in [-0.3, -0.25) is 0 Å². The van der Waals surface area contributed by atoms with Gasteiger partial charge in [-0.2, -0.15) is 0 Å². The molecule has 0 aromatic carbocycles. The summed E-state index contributed by atoms with van der Waals surface area (Å²) in [6, 6.07) is 0. The van der Waals surface area contributed by atoms with E-state index in [9.17, 15) is 0 Å². The number of hydrogen-bond donors (Lipinski definition) is 0. The van der Waals surface area contributed by atoms with Gasteiger partial charge in [-0.05, 0) is 37.4 Å². The van der Waals surface area contributed by atoms with Crippen LogP contribution in [-0.4, -0.2) is 13.9 Å². The molecular weight excluding hydrogens is 200 g/mol. The Morgan fingerprint density at radius 3 is 1.07 bits per heavy atom. The second kappa shape index (κ2) is 5.01. The molecule has 0 atom stereocenters. The highest BCUT2D eigenvalue weighted by Crippen LogP contribution is 2.44. The van der Waals surface area contributed by atoms with Crippen molar-refractivity contribution in [3.05, 3.63) is 0 Å². The SMILES string of the molecule is CC(C)[Si](OC(C)(C)C)(C(C)C)C(C)C. The van der Waals surface area contributed by atoms with Crippen molar-refractivity contribution in [3.63, 3.8) is 0 Å². The second-order valence-electron chi connectivity index (χ2n) is 6.53. The van der Waals surface area contributed by atoms with Gasteiger partial charge in [0.15, 0.2) is 0 Å². The molecule has 0 aromatic heterocycles. The van der Waals surface area contributed by atoms with Gasteiger partial charge in [0.25, 0.3) is 0 Å². The van der Waals surface area contributed by atoms with Crippen LogP contribution in [0.5, 0.6) is 0 Å². The summed E-state index contributed by atoms with van der Waals surface area (Å²) in [5, 5.41) is 0. The van der Waals surface area contributed by atoms with Crippen LogP contribution in [0.3, 0.4) is 0 Å². The number of hydrogen-bond acceptors (Lipinski definition) is 1. The van der Waals surface area contributed by atoms with Gasteiger partial charge >= 0.3 is 0 Å². The lowest BCUT2D eigenvalue weighted by atomic mass is 10.2. The fourth-order valence-corrected chi connectivity index (χ4v) is 8.65. The molecule has 92 valence electrons. The third-order valence-corrected chi connectivity index (χ3v) is 9.57. The molecule has 0 heterocycles. The maximum atomic E-state index is 6.55. The lowest BCUT2D eigenvalue weighted by Gasteiger charge is -2.46. The smallest absolute Gasteiger partial charge is 0.201 e. The first kappa shape index (κ1) is 15.2. The van der Waals surface area contributed by atoms with Gasteiger partial charge in [-0.25, -0.2) is 0 Å². The van der Waals surface area contributed by atoms with Gasteiger partial charge in [-0.1, -0.05) is 41.5 Å². The second-order valence-corrected chi connectivity index (χ2v) is 11.9. The van der Waals surface area contributed by atoms with Gasteiger partial charge in [-0.15, -0.1) is 0 Å². The Labute approximate surface area is 97.7 Å². The van der Waals surface area contributed by atoms with Gasteiger partial charge < -0.3 is 4.43 Å². The molecule has 0 spiro atoms. The quantitative estimate of drug-likeness (QED) is 0.619. The molecule has 0 saturated carbocycles. The monoisotopic (exact) mass is 230 g/mol. The van der Waals surface area contributed by atoms with E-state index in [2.05, 4.69) is 62.3 Å². The van der Waals surface area contributed by atoms with E-state index < -0.39 is 8.32 Å². The molecule has 0 aliphatic heterocycles. The van der Waals surface area contributed by atoms with Crippen LogP contribution < -0.4 is 0 Å². The van der Waals surface area contributed by atoms with Crippen molar-refractivity contribution < 1.29 is 4.43 Å². The molecule has 1 nitrogen and oxygen atoms in total. The lowest BCUT2D eigenvalue weighted by molar-refractivity contribution is 0.106. The summed E-state index contributed by atoms with van der Waals surface area (Å²) in [6.45, 7) is 20.5. The topological polar surface area (TPSA) is 9.23 Å². The minimum Gasteiger partial charge on any atom is -0.411 e. The molecule has 0 aliphatic rings. The zero-order chi connectivity index (χ0) is 12.4. The normalized spacial score (nSPS) is 14.4. The fourth-order valence-electron chi connectivity index (χ4n) is 2.88. The molecule has 0 fully saturated rings. The summed E-state index contributed by atoms with van der Waals surface area (Å²) in [5.41, 5.74) is 2.02. The van der Waals surface area contributed by atoms with Crippen LogP contribution in [0.15, 0.2) is 0 Å². The fraction of sp³-hybridized carbons (Fsp3) is 1.00. The van der Waals surface area contributed by atoms with Crippen LogP contribution in [0.25, 0.3) is 0 Å². The predicted molar refractivity (Wildman–Crippen MR) is 71.9 cm³/mol. The summed E-state index contributed by atoms with van der Waals surface area (Å²) < 4.78 is 6.55. The maximum Gasteiger partial charge on any atom is 0.201 e. The minimum absolute atomic E-state index is 0.00890. The molecule has 2 heteroatoms. The van der Waals surface area contributed by atoms with Crippen molar-refractivity contribution in [2.45, 2.75) is 84.5 Å². The third-order valence-electron chi connectivity index (χ3n) is 3.19. The first-order chi connectivity index (χ1) is 6.54. The summed E-state index contributed by atoms with van der Waals surface area (Å²) >= 11 is 0. The highest BCUT2D eigenvalue weighted by atomic mass is 28.4. The van der Waals surface area contributed by atoms with Crippen molar-refractivity contribution in [2.24, 2.45) is 0 Å². The highest BCUT2D eigenvalue weighted by molar-refractivity contribution is 6.77. The standard InChI is InChI=1S/C13H30OSi/c1-10(2)15(11(3)4,12(5)6)14-13(7,8)9/h10-12H,1-9H3. The van der Waals surface area contributed by atoms with Gasteiger partial charge in [0.1, 0.15) is 0 Å². The van der Waals surface area contributed by atoms with Crippen molar-refractivity contribution in [3.8, 4) is 0 Å². The third kappa shape index (κ3) is 3.60. The Morgan fingerprint density at radius 1 is 0.733 bits per heavy atom. The number of rotatable bonds is 4. The molecule has 0 aliphatic carbocycles. The van der Waals surface area contributed by atoms with E-state index >= 15 is 0 Å². The average Bonchev–Trinajstić information content (AvgIpc) is 1.96. The zero-order valence-corrected chi connectivity index (χ0v) is 13.1. The molecule has 15 heavy (non-hydrogen) atoms. The minimum atomic E-state index is -1.66.